The first-order chi connectivity index (χ1) is 20.3. The second kappa shape index (κ2) is 12.6. The molecule has 0 radical (unpaired) electrons. The first-order valence-corrected chi connectivity index (χ1v) is 13.7. The molecule has 0 saturated heterocycles. The molecule has 5 rings (SSSR count). The highest BCUT2D eigenvalue weighted by Gasteiger charge is 2.36. The van der Waals surface area contributed by atoms with Crippen LogP contribution in [0.15, 0.2) is 108 Å². The average Bonchev–Trinajstić information content (AvgIpc) is 3.38. The van der Waals surface area contributed by atoms with Crippen molar-refractivity contribution in [3.8, 4) is 39.8 Å². The number of carboxylic acids is 1. The summed E-state index contributed by atoms with van der Waals surface area (Å²) in [4.78, 5) is 16.8. The van der Waals surface area contributed by atoms with Gasteiger partial charge in [0.1, 0.15) is 11.5 Å². The number of aliphatic carboxylic acids is 1. The number of aryl methyl sites for hydroxylation is 1. The maximum absolute atomic E-state index is 12.1. The summed E-state index contributed by atoms with van der Waals surface area (Å²) >= 11 is 0. The second-order valence-corrected chi connectivity index (χ2v) is 10.2. The molecule has 0 bridgehead atoms. The molecule has 0 aliphatic rings. The molecule has 214 valence electrons. The van der Waals surface area contributed by atoms with Gasteiger partial charge in [0.25, 0.3) is 0 Å². The quantitative estimate of drug-likeness (QED) is 0.169. The Labute approximate surface area is 245 Å². The summed E-state index contributed by atoms with van der Waals surface area (Å²) in [6, 6.07) is 32.7. The van der Waals surface area contributed by atoms with E-state index in [1.807, 2.05) is 49.4 Å². The fourth-order valence-electron chi connectivity index (χ4n) is 4.71. The SMILES string of the molecule is COc1cc(CC(C)(Oc2ccccc2)C(=O)O)ccc1OCCc1nc(-c2ccc(-c3ccccc3)cc2)oc1C. The molecule has 1 N–H and O–H groups in total. The van der Waals surface area contributed by atoms with E-state index in [0.717, 1.165) is 33.7 Å². The summed E-state index contributed by atoms with van der Waals surface area (Å²) in [7, 11) is 1.56. The van der Waals surface area contributed by atoms with Gasteiger partial charge in [-0.3, -0.25) is 0 Å². The van der Waals surface area contributed by atoms with Crippen LogP contribution in [0.5, 0.6) is 17.2 Å². The van der Waals surface area contributed by atoms with E-state index in [0.29, 0.717) is 36.2 Å². The number of methoxy groups -OCH3 is 1. The minimum atomic E-state index is -1.46. The van der Waals surface area contributed by atoms with Crippen molar-refractivity contribution in [1.29, 1.82) is 0 Å². The van der Waals surface area contributed by atoms with Gasteiger partial charge in [-0.25, -0.2) is 9.78 Å². The molecule has 42 heavy (non-hydrogen) atoms. The van der Waals surface area contributed by atoms with Crippen LogP contribution in [0, 0.1) is 6.92 Å². The van der Waals surface area contributed by atoms with Crippen LogP contribution < -0.4 is 14.2 Å². The van der Waals surface area contributed by atoms with Crippen molar-refractivity contribution in [2.75, 3.05) is 13.7 Å². The third-order valence-electron chi connectivity index (χ3n) is 7.04. The van der Waals surface area contributed by atoms with Gasteiger partial charge >= 0.3 is 5.97 Å². The predicted molar refractivity (Wildman–Crippen MR) is 161 cm³/mol. The molecule has 0 aliphatic carbocycles. The van der Waals surface area contributed by atoms with Crippen molar-refractivity contribution in [2.45, 2.75) is 32.3 Å². The van der Waals surface area contributed by atoms with Crippen molar-refractivity contribution in [3.05, 3.63) is 120 Å². The molecule has 4 aromatic carbocycles. The summed E-state index contributed by atoms with van der Waals surface area (Å²) in [6.07, 6.45) is 0.686. The molecule has 0 fully saturated rings. The standard InChI is InChI=1S/C35H33NO6/c1-24-30(36-33(41-24)28-17-15-27(16-18-28)26-10-6-4-7-11-26)20-21-40-31-19-14-25(22-32(31)39-3)23-35(2,34(37)38)42-29-12-8-5-9-13-29/h4-19,22H,20-21,23H2,1-3H3,(H,37,38). The second-order valence-electron chi connectivity index (χ2n) is 10.2. The minimum Gasteiger partial charge on any atom is -0.493 e. The highest BCUT2D eigenvalue weighted by Crippen LogP contribution is 2.32. The number of para-hydroxylation sites is 1. The number of carboxylic acid groups (broad SMARTS) is 1. The summed E-state index contributed by atoms with van der Waals surface area (Å²) in [5, 5.41) is 9.92. The molecule has 5 aromatic rings. The molecule has 0 saturated carbocycles. The van der Waals surface area contributed by atoms with Gasteiger partial charge < -0.3 is 23.7 Å². The fraction of sp³-hybridized carbons (Fsp3) is 0.200. The zero-order valence-corrected chi connectivity index (χ0v) is 23.9. The number of oxazole rings is 1. The van der Waals surface area contributed by atoms with Crippen molar-refractivity contribution < 1.29 is 28.5 Å². The Morgan fingerprint density at radius 3 is 2.17 bits per heavy atom. The van der Waals surface area contributed by atoms with Crippen molar-refractivity contribution in [3.63, 3.8) is 0 Å². The van der Waals surface area contributed by atoms with Gasteiger partial charge in [0.2, 0.25) is 11.5 Å². The van der Waals surface area contributed by atoms with Gasteiger partial charge in [-0.2, -0.15) is 0 Å². The molecule has 1 atom stereocenters. The van der Waals surface area contributed by atoms with Crippen LogP contribution in [-0.4, -0.2) is 35.4 Å². The summed E-state index contributed by atoms with van der Waals surface area (Å²) in [6.45, 7) is 3.82. The number of nitrogens with zero attached hydrogens (tertiary/aromatic N) is 1. The summed E-state index contributed by atoms with van der Waals surface area (Å²) in [5.41, 5.74) is 3.31. The number of hydrogen-bond acceptors (Lipinski definition) is 6. The summed E-state index contributed by atoms with van der Waals surface area (Å²) in [5.74, 6) is 1.82. The first kappa shape index (κ1) is 28.5. The number of benzene rings is 4. The Balaban J connectivity index is 1.22. The predicted octanol–water partition coefficient (Wildman–Crippen LogP) is 7.41. The van der Waals surface area contributed by atoms with Crippen molar-refractivity contribution >= 4 is 5.97 Å². The van der Waals surface area contributed by atoms with Crippen molar-refractivity contribution in [2.24, 2.45) is 0 Å². The van der Waals surface area contributed by atoms with E-state index in [2.05, 4.69) is 24.3 Å². The van der Waals surface area contributed by atoms with Gasteiger partial charge in [-0.05, 0) is 66.9 Å². The highest BCUT2D eigenvalue weighted by molar-refractivity contribution is 5.78. The molecule has 0 spiro atoms. The van der Waals surface area contributed by atoms with Crippen LogP contribution >= 0.6 is 0 Å². The maximum atomic E-state index is 12.1. The van der Waals surface area contributed by atoms with E-state index in [1.54, 1.807) is 50.4 Å². The zero-order chi connectivity index (χ0) is 29.5. The Morgan fingerprint density at radius 2 is 1.50 bits per heavy atom. The Kier molecular flexibility index (Phi) is 8.58. The highest BCUT2D eigenvalue weighted by atomic mass is 16.5. The number of ether oxygens (including phenoxy) is 3. The largest absolute Gasteiger partial charge is 0.493 e. The third-order valence-corrected chi connectivity index (χ3v) is 7.04. The topological polar surface area (TPSA) is 91.0 Å². The summed E-state index contributed by atoms with van der Waals surface area (Å²) < 4.78 is 23.4. The van der Waals surface area contributed by atoms with Crippen LogP contribution in [0.4, 0.5) is 0 Å². The van der Waals surface area contributed by atoms with Crippen LogP contribution in [0.1, 0.15) is 23.9 Å². The van der Waals surface area contributed by atoms with E-state index in [4.69, 9.17) is 23.6 Å². The lowest BCUT2D eigenvalue weighted by molar-refractivity contribution is -0.153. The normalized spacial score (nSPS) is 12.4. The molecular weight excluding hydrogens is 530 g/mol. The van der Waals surface area contributed by atoms with E-state index in [-0.39, 0.29) is 6.42 Å². The lowest BCUT2D eigenvalue weighted by atomic mass is 9.96. The van der Waals surface area contributed by atoms with Gasteiger partial charge in [0, 0.05) is 18.4 Å². The Hall–Kier alpha value is -5.04. The molecule has 1 heterocycles. The lowest BCUT2D eigenvalue weighted by Gasteiger charge is -2.27. The van der Waals surface area contributed by atoms with Crippen molar-refractivity contribution in [1.82, 2.24) is 4.98 Å². The van der Waals surface area contributed by atoms with E-state index in [9.17, 15) is 9.90 Å². The number of rotatable bonds is 12. The number of carbonyl (C=O) groups is 1. The van der Waals surface area contributed by atoms with Crippen LogP contribution in [0.2, 0.25) is 0 Å². The number of aromatic nitrogens is 1. The molecule has 1 unspecified atom stereocenters. The van der Waals surface area contributed by atoms with Gasteiger partial charge in [-0.1, -0.05) is 66.7 Å². The Bertz CT molecular complexity index is 1630. The third kappa shape index (κ3) is 6.63. The van der Waals surface area contributed by atoms with Crippen LogP contribution in [-0.2, 0) is 17.6 Å². The molecule has 7 heteroatoms. The average molecular weight is 564 g/mol. The molecule has 0 aliphatic heterocycles. The Morgan fingerprint density at radius 1 is 0.857 bits per heavy atom. The smallest absolute Gasteiger partial charge is 0.348 e. The monoisotopic (exact) mass is 563 g/mol. The van der Waals surface area contributed by atoms with Crippen LogP contribution in [0.25, 0.3) is 22.6 Å². The lowest BCUT2D eigenvalue weighted by Crippen LogP contribution is -2.43. The van der Waals surface area contributed by atoms with E-state index in [1.165, 1.54) is 0 Å². The van der Waals surface area contributed by atoms with Crippen LogP contribution in [0.3, 0.4) is 0 Å². The number of hydrogen-bond donors (Lipinski definition) is 1. The molecule has 1 aromatic heterocycles. The van der Waals surface area contributed by atoms with E-state index >= 15 is 0 Å². The first-order valence-electron chi connectivity index (χ1n) is 13.7. The zero-order valence-electron chi connectivity index (χ0n) is 23.9. The molecule has 7 nitrogen and oxygen atoms in total. The van der Waals surface area contributed by atoms with Gasteiger partial charge in [0.05, 0.1) is 19.4 Å². The molecular formula is C35H33NO6. The van der Waals surface area contributed by atoms with Gasteiger partial charge in [0.15, 0.2) is 11.5 Å². The minimum absolute atomic E-state index is 0.140. The maximum Gasteiger partial charge on any atom is 0.348 e. The molecule has 0 amide bonds. The van der Waals surface area contributed by atoms with Gasteiger partial charge in [-0.15, -0.1) is 0 Å². The van der Waals surface area contributed by atoms with E-state index < -0.39 is 11.6 Å². The fourth-order valence-corrected chi connectivity index (χ4v) is 4.71.